The van der Waals surface area contributed by atoms with Crippen molar-refractivity contribution in [2.45, 2.75) is 58.3 Å². The SMILES string of the molecule is CCNC(=O)Nc1ccc(-c2nc(N3CC4CCC(C3)O4)c3cnn(C(C)(C)C)c3n2)cc1. The molecule has 0 saturated carbocycles. The minimum atomic E-state index is -0.221. The number of morpholine rings is 1. The third-order valence-electron chi connectivity index (χ3n) is 6.13. The van der Waals surface area contributed by atoms with Gasteiger partial charge in [0, 0.05) is 30.9 Å². The summed E-state index contributed by atoms with van der Waals surface area (Å²) in [7, 11) is 0. The van der Waals surface area contributed by atoms with Gasteiger partial charge in [0.25, 0.3) is 0 Å². The zero-order valence-corrected chi connectivity index (χ0v) is 19.6. The van der Waals surface area contributed by atoms with Crippen LogP contribution in [0.5, 0.6) is 0 Å². The molecule has 174 valence electrons. The second-order valence-electron chi connectivity index (χ2n) is 9.76. The van der Waals surface area contributed by atoms with E-state index in [1.54, 1.807) is 0 Å². The fraction of sp³-hybridized carbons (Fsp3) is 0.500. The van der Waals surface area contributed by atoms with Crippen LogP contribution in [-0.2, 0) is 10.3 Å². The Morgan fingerprint density at radius 1 is 1.12 bits per heavy atom. The van der Waals surface area contributed by atoms with Crippen molar-refractivity contribution in [1.29, 1.82) is 0 Å². The van der Waals surface area contributed by atoms with E-state index in [-0.39, 0.29) is 23.8 Å². The van der Waals surface area contributed by atoms with E-state index in [1.165, 1.54) is 0 Å². The Morgan fingerprint density at radius 2 is 1.82 bits per heavy atom. The van der Waals surface area contributed by atoms with Crippen molar-refractivity contribution in [2.75, 3.05) is 29.9 Å². The summed E-state index contributed by atoms with van der Waals surface area (Å²) in [6.45, 7) is 10.5. The Bertz CT molecular complexity index is 1150. The fourth-order valence-electron chi connectivity index (χ4n) is 4.58. The number of aromatic nitrogens is 4. The summed E-state index contributed by atoms with van der Waals surface area (Å²) in [5, 5.41) is 11.2. The van der Waals surface area contributed by atoms with Gasteiger partial charge in [-0.2, -0.15) is 5.10 Å². The van der Waals surface area contributed by atoms with E-state index in [0.29, 0.717) is 12.4 Å². The van der Waals surface area contributed by atoms with Crippen molar-refractivity contribution in [3.05, 3.63) is 30.5 Å². The Hall–Kier alpha value is -3.20. The molecule has 0 aliphatic carbocycles. The van der Waals surface area contributed by atoms with E-state index < -0.39 is 0 Å². The van der Waals surface area contributed by atoms with E-state index in [2.05, 4.69) is 41.4 Å². The van der Waals surface area contributed by atoms with E-state index in [0.717, 1.165) is 54.0 Å². The van der Waals surface area contributed by atoms with Crippen molar-refractivity contribution in [2.24, 2.45) is 0 Å². The van der Waals surface area contributed by atoms with Gasteiger partial charge < -0.3 is 20.3 Å². The molecule has 0 spiro atoms. The molecular formula is C24H31N7O2. The molecule has 9 nitrogen and oxygen atoms in total. The minimum absolute atomic E-state index is 0.213. The van der Waals surface area contributed by atoms with Crippen molar-refractivity contribution in [1.82, 2.24) is 25.1 Å². The molecule has 2 aliphatic heterocycles. The average Bonchev–Trinajstić information content (AvgIpc) is 3.36. The van der Waals surface area contributed by atoms with Gasteiger partial charge in [-0.15, -0.1) is 0 Å². The number of carbonyl (C=O) groups excluding carboxylic acids is 1. The van der Waals surface area contributed by atoms with Gasteiger partial charge in [0.1, 0.15) is 5.82 Å². The topological polar surface area (TPSA) is 97.2 Å². The molecule has 2 saturated heterocycles. The van der Waals surface area contributed by atoms with Gasteiger partial charge >= 0.3 is 6.03 Å². The van der Waals surface area contributed by atoms with Crippen molar-refractivity contribution < 1.29 is 9.53 Å². The van der Waals surface area contributed by atoms with Crippen LogP contribution in [0.2, 0.25) is 0 Å². The summed E-state index contributed by atoms with van der Waals surface area (Å²) < 4.78 is 8.02. The van der Waals surface area contributed by atoms with Crippen LogP contribution in [0.4, 0.5) is 16.3 Å². The molecule has 2 bridgehead atoms. The third kappa shape index (κ3) is 4.25. The summed E-state index contributed by atoms with van der Waals surface area (Å²) >= 11 is 0. The van der Waals surface area contributed by atoms with E-state index in [4.69, 9.17) is 14.7 Å². The number of fused-ring (bicyclic) bond motifs is 3. The first-order chi connectivity index (χ1) is 15.8. The van der Waals surface area contributed by atoms with Gasteiger partial charge in [0.05, 0.1) is 29.3 Å². The normalized spacial score (nSPS) is 20.3. The van der Waals surface area contributed by atoms with Crippen LogP contribution in [0.15, 0.2) is 30.5 Å². The second-order valence-corrected chi connectivity index (χ2v) is 9.76. The Labute approximate surface area is 193 Å². The number of hydrogen-bond donors (Lipinski definition) is 2. The Morgan fingerprint density at radius 3 is 2.45 bits per heavy atom. The van der Waals surface area contributed by atoms with Crippen LogP contribution in [0.1, 0.15) is 40.5 Å². The number of amides is 2. The number of nitrogens with zero attached hydrogens (tertiary/aromatic N) is 5. The number of rotatable bonds is 4. The van der Waals surface area contributed by atoms with Gasteiger partial charge in [-0.25, -0.2) is 19.4 Å². The van der Waals surface area contributed by atoms with Gasteiger partial charge in [0.15, 0.2) is 11.5 Å². The standard InChI is InChI=1S/C24H31N7O2/c1-5-25-23(32)27-16-8-6-15(7-9-16)20-28-21(30-13-17-10-11-18(14-30)33-17)19-12-26-31(22(19)29-20)24(2,3)4/h6-9,12,17-18H,5,10-11,13-14H2,1-4H3,(H2,25,27,32). The number of benzene rings is 1. The van der Waals surface area contributed by atoms with Gasteiger partial charge in [0.2, 0.25) is 0 Å². The molecule has 9 heteroatoms. The largest absolute Gasteiger partial charge is 0.371 e. The summed E-state index contributed by atoms with van der Waals surface area (Å²) in [6, 6.07) is 7.39. The zero-order chi connectivity index (χ0) is 23.2. The molecule has 2 aliphatic rings. The minimum Gasteiger partial charge on any atom is -0.371 e. The quantitative estimate of drug-likeness (QED) is 0.630. The third-order valence-corrected chi connectivity index (χ3v) is 6.13. The number of nitrogens with one attached hydrogen (secondary N) is 2. The van der Waals surface area contributed by atoms with Crippen LogP contribution in [-0.4, -0.2) is 57.6 Å². The first-order valence-corrected chi connectivity index (χ1v) is 11.6. The number of ether oxygens (including phenoxy) is 1. The van der Waals surface area contributed by atoms with Crippen molar-refractivity contribution >= 4 is 28.6 Å². The zero-order valence-electron chi connectivity index (χ0n) is 19.6. The van der Waals surface area contributed by atoms with E-state index in [9.17, 15) is 4.79 Å². The molecule has 33 heavy (non-hydrogen) atoms. The molecule has 2 atom stereocenters. The molecule has 5 rings (SSSR count). The molecule has 2 fully saturated rings. The Kier molecular flexibility index (Phi) is 5.44. The highest BCUT2D eigenvalue weighted by Gasteiger charge is 2.35. The molecule has 2 N–H and O–H groups in total. The lowest BCUT2D eigenvalue weighted by molar-refractivity contribution is 0.0303. The average molecular weight is 450 g/mol. The summed E-state index contributed by atoms with van der Waals surface area (Å²) in [6.07, 6.45) is 4.60. The van der Waals surface area contributed by atoms with Crippen molar-refractivity contribution in [3.8, 4) is 11.4 Å². The summed E-state index contributed by atoms with van der Waals surface area (Å²) in [4.78, 5) is 24.1. The number of anilines is 2. The molecule has 1 aromatic carbocycles. The summed E-state index contributed by atoms with van der Waals surface area (Å²) in [5.41, 5.74) is 2.22. The lowest BCUT2D eigenvalue weighted by atomic mass is 10.1. The molecule has 2 aromatic heterocycles. The predicted molar refractivity (Wildman–Crippen MR) is 129 cm³/mol. The maximum Gasteiger partial charge on any atom is 0.319 e. The van der Waals surface area contributed by atoms with E-state index >= 15 is 0 Å². The highest BCUT2D eigenvalue weighted by molar-refractivity contribution is 5.90. The smallest absolute Gasteiger partial charge is 0.319 e. The van der Waals surface area contributed by atoms with Crippen LogP contribution in [0.25, 0.3) is 22.4 Å². The summed E-state index contributed by atoms with van der Waals surface area (Å²) in [5.74, 6) is 1.56. The van der Waals surface area contributed by atoms with Gasteiger partial charge in [-0.3, -0.25) is 0 Å². The highest BCUT2D eigenvalue weighted by Crippen LogP contribution is 2.34. The maximum atomic E-state index is 11.8. The van der Waals surface area contributed by atoms with Crippen LogP contribution < -0.4 is 15.5 Å². The number of urea groups is 1. The lowest BCUT2D eigenvalue weighted by Gasteiger charge is -2.33. The molecule has 2 amide bonds. The first-order valence-electron chi connectivity index (χ1n) is 11.6. The maximum absolute atomic E-state index is 11.8. The van der Waals surface area contributed by atoms with Crippen LogP contribution in [0, 0.1) is 0 Å². The molecule has 2 unspecified atom stereocenters. The molecular weight excluding hydrogens is 418 g/mol. The van der Waals surface area contributed by atoms with Gasteiger partial charge in [-0.05, 0) is 64.8 Å². The predicted octanol–water partition coefficient (Wildman–Crippen LogP) is 3.76. The molecule has 3 aromatic rings. The number of hydrogen-bond acceptors (Lipinski definition) is 6. The Balaban J connectivity index is 1.55. The van der Waals surface area contributed by atoms with Gasteiger partial charge in [-0.1, -0.05) is 0 Å². The number of carbonyl (C=O) groups is 1. The lowest BCUT2D eigenvalue weighted by Crippen LogP contribution is -2.43. The highest BCUT2D eigenvalue weighted by atomic mass is 16.5. The van der Waals surface area contributed by atoms with Crippen LogP contribution in [0.3, 0.4) is 0 Å². The van der Waals surface area contributed by atoms with Crippen molar-refractivity contribution in [3.63, 3.8) is 0 Å². The monoisotopic (exact) mass is 449 g/mol. The van der Waals surface area contributed by atoms with Crippen LogP contribution >= 0.6 is 0 Å². The molecule has 4 heterocycles. The fourth-order valence-corrected chi connectivity index (χ4v) is 4.58. The first kappa shape index (κ1) is 21.6. The van der Waals surface area contributed by atoms with E-state index in [1.807, 2.05) is 42.1 Å². The molecule has 0 radical (unpaired) electrons. The second kappa shape index (κ2) is 8.30.